The smallest absolute Gasteiger partial charge is 0.327 e. The van der Waals surface area contributed by atoms with E-state index in [1.54, 1.807) is 0 Å². The van der Waals surface area contributed by atoms with E-state index >= 15 is 0 Å². The van der Waals surface area contributed by atoms with Crippen LogP contribution in [0.2, 0.25) is 0 Å². The summed E-state index contributed by atoms with van der Waals surface area (Å²) in [4.78, 5) is 22.7. The van der Waals surface area contributed by atoms with Gasteiger partial charge in [-0.3, -0.25) is 4.79 Å². The number of carbonyl (C=O) groups is 2. The standard InChI is InChI=1S/C19H30O6/c1-11(20)25-14-15-17(2,3)9-6-10-18(15,4)12(7-8-13(21)22)19(5,24)16(14)23/h7-8,12,14-16,23-24H,6,9-10H2,1-5H3,(H,21,22)/b8-7+/t12-,14+,15+,16+,18-,19-/m1/s1. The Balaban J connectivity index is 2.61. The zero-order valence-electron chi connectivity index (χ0n) is 15.7. The van der Waals surface area contributed by atoms with Crippen molar-refractivity contribution in [3.05, 3.63) is 12.2 Å². The van der Waals surface area contributed by atoms with Crippen molar-refractivity contribution in [3.63, 3.8) is 0 Å². The molecular formula is C19H30O6. The summed E-state index contributed by atoms with van der Waals surface area (Å²) in [5.41, 5.74) is -2.33. The van der Waals surface area contributed by atoms with Crippen molar-refractivity contribution >= 4 is 11.9 Å². The monoisotopic (exact) mass is 354 g/mol. The van der Waals surface area contributed by atoms with Crippen LogP contribution in [-0.2, 0) is 14.3 Å². The largest absolute Gasteiger partial charge is 0.478 e. The number of rotatable bonds is 3. The van der Waals surface area contributed by atoms with E-state index in [2.05, 4.69) is 13.8 Å². The minimum absolute atomic E-state index is 0.198. The van der Waals surface area contributed by atoms with Crippen molar-refractivity contribution in [1.29, 1.82) is 0 Å². The second-order valence-corrected chi connectivity index (χ2v) is 8.75. The average molecular weight is 354 g/mol. The third-order valence-corrected chi connectivity index (χ3v) is 6.40. The molecule has 2 fully saturated rings. The Kier molecular flexibility index (Phi) is 5.10. The van der Waals surface area contributed by atoms with Gasteiger partial charge in [0.05, 0.1) is 5.60 Å². The minimum Gasteiger partial charge on any atom is -0.478 e. The first-order chi connectivity index (χ1) is 11.3. The molecular weight excluding hydrogens is 324 g/mol. The van der Waals surface area contributed by atoms with E-state index in [1.807, 2.05) is 6.92 Å². The van der Waals surface area contributed by atoms with Gasteiger partial charge in [0.15, 0.2) is 0 Å². The lowest BCUT2D eigenvalue weighted by Gasteiger charge is -2.63. The van der Waals surface area contributed by atoms with Crippen molar-refractivity contribution in [2.24, 2.45) is 22.7 Å². The Bertz CT molecular complexity index is 578. The number of esters is 1. The third-order valence-electron chi connectivity index (χ3n) is 6.40. The first kappa shape index (κ1) is 19.9. The number of aliphatic hydroxyl groups is 2. The van der Waals surface area contributed by atoms with Gasteiger partial charge >= 0.3 is 11.9 Å². The number of ether oxygens (including phenoxy) is 1. The molecule has 2 aliphatic rings. The van der Waals surface area contributed by atoms with E-state index in [4.69, 9.17) is 9.84 Å². The lowest BCUT2D eigenvalue weighted by atomic mass is 9.44. The SMILES string of the molecule is CC(=O)O[C@@H]1[C@H](O)[C@](C)(O)[C@H](/C=C/C(=O)O)[C@@]2(C)CCCC(C)(C)[C@H]12. The Morgan fingerprint density at radius 1 is 1.16 bits per heavy atom. The van der Waals surface area contributed by atoms with Crippen molar-refractivity contribution < 1.29 is 29.6 Å². The van der Waals surface area contributed by atoms with E-state index in [1.165, 1.54) is 19.9 Å². The predicted molar refractivity (Wildman–Crippen MR) is 91.7 cm³/mol. The van der Waals surface area contributed by atoms with Gasteiger partial charge in [-0.2, -0.15) is 0 Å². The van der Waals surface area contributed by atoms with Crippen LogP contribution in [0.15, 0.2) is 12.2 Å². The Hall–Kier alpha value is -1.40. The fraction of sp³-hybridized carbons (Fsp3) is 0.789. The van der Waals surface area contributed by atoms with Crippen molar-refractivity contribution in [2.75, 3.05) is 0 Å². The summed E-state index contributed by atoms with van der Waals surface area (Å²) in [5, 5.41) is 31.0. The van der Waals surface area contributed by atoms with Crippen LogP contribution >= 0.6 is 0 Å². The number of carboxylic acid groups (broad SMARTS) is 1. The number of carboxylic acids is 1. The molecule has 0 amide bonds. The Morgan fingerprint density at radius 2 is 1.76 bits per heavy atom. The summed E-state index contributed by atoms with van der Waals surface area (Å²) < 4.78 is 5.49. The van der Waals surface area contributed by atoms with Gasteiger partial charge in [-0.15, -0.1) is 0 Å². The van der Waals surface area contributed by atoms with Crippen LogP contribution in [-0.4, -0.2) is 45.1 Å². The molecule has 2 saturated carbocycles. The van der Waals surface area contributed by atoms with Gasteiger partial charge in [-0.25, -0.2) is 4.79 Å². The van der Waals surface area contributed by atoms with Gasteiger partial charge in [0.25, 0.3) is 0 Å². The number of hydrogen-bond acceptors (Lipinski definition) is 5. The number of carbonyl (C=O) groups excluding carboxylic acids is 1. The maximum absolute atomic E-state index is 11.6. The molecule has 0 saturated heterocycles. The summed E-state index contributed by atoms with van der Waals surface area (Å²) in [5.74, 6) is -2.36. The van der Waals surface area contributed by atoms with Crippen LogP contribution in [0.4, 0.5) is 0 Å². The molecule has 0 unspecified atom stereocenters. The second-order valence-electron chi connectivity index (χ2n) is 8.75. The van der Waals surface area contributed by atoms with Crippen molar-refractivity contribution in [1.82, 2.24) is 0 Å². The molecule has 0 aromatic heterocycles. The summed E-state index contributed by atoms with van der Waals surface area (Å²) in [7, 11) is 0. The van der Waals surface area contributed by atoms with Crippen molar-refractivity contribution in [3.8, 4) is 0 Å². The molecule has 6 heteroatoms. The molecule has 2 rings (SSSR count). The third kappa shape index (κ3) is 3.34. The molecule has 2 aliphatic carbocycles. The molecule has 0 aromatic carbocycles. The number of fused-ring (bicyclic) bond motifs is 1. The first-order valence-corrected chi connectivity index (χ1v) is 8.83. The van der Waals surface area contributed by atoms with E-state index in [0.29, 0.717) is 0 Å². The van der Waals surface area contributed by atoms with E-state index < -0.39 is 41.1 Å². The van der Waals surface area contributed by atoms with E-state index in [0.717, 1.165) is 25.3 Å². The number of aliphatic hydroxyl groups excluding tert-OH is 1. The van der Waals surface area contributed by atoms with Crippen LogP contribution in [0.5, 0.6) is 0 Å². The van der Waals surface area contributed by atoms with Crippen LogP contribution in [0.1, 0.15) is 53.9 Å². The fourth-order valence-electron chi connectivity index (χ4n) is 5.58. The molecule has 6 nitrogen and oxygen atoms in total. The number of aliphatic carboxylic acids is 1. The topological polar surface area (TPSA) is 104 Å². The van der Waals surface area contributed by atoms with E-state index in [-0.39, 0.29) is 11.3 Å². The summed E-state index contributed by atoms with van der Waals surface area (Å²) in [6.07, 6.45) is 2.99. The molecule has 0 spiro atoms. The second kappa shape index (κ2) is 6.40. The molecule has 25 heavy (non-hydrogen) atoms. The maximum Gasteiger partial charge on any atom is 0.327 e. The van der Waals surface area contributed by atoms with Crippen LogP contribution < -0.4 is 0 Å². The first-order valence-electron chi connectivity index (χ1n) is 8.83. The van der Waals surface area contributed by atoms with Gasteiger partial charge in [0.2, 0.25) is 0 Å². The quantitative estimate of drug-likeness (QED) is 0.530. The van der Waals surface area contributed by atoms with Crippen molar-refractivity contribution in [2.45, 2.75) is 71.7 Å². The lowest BCUT2D eigenvalue weighted by molar-refractivity contribution is -0.261. The highest BCUT2D eigenvalue weighted by molar-refractivity contribution is 5.79. The van der Waals surface area contributed by atoms with Gasteiger partial charge in [0, 0.05) is 24.8 Å². The van der Waals surface area contributed by atoms with E-state index in [9.17, 15) is 19.8 Å². The summed E-state index contributed by atoms with van der Waals surface area (Å²) >= 11 is 0. The highest BCUT2D eigenvalue weighted by atomic mass is 16.6. The zero-order valence-corrected chi connectivity index (χ0v) is 15.7. The normalized spacial score (nSPS) is 43.5. The summed E-state index contributed by atoms with van der Waals surface area (Å²) in [6.45, 7) is 8.96. The van der Waals surface area contributed by atoms with Gasteiger partial charge < -0.3 is 20.1 Å². The predicted octanol–water partition coefficient (Wildman–Crippen LogP) is 2.13. The number of hydrogen-bond donors (Lipinski definition) is 3. The lowest BCUT2D eigenvalue weighted by Crippen LogP contribution is -2.70. The van der Waals surface area contributed by atoms with Crippen LogP contribution in [0, 0.1) is 22.7 Å². The maximum atomic E-state index is 11.6. The molecule has 0 heterocycles. The highest BCUT2D eigenvalue weighted by Gasteiger charge is 2.65. The molecule has 0 radical (unpaired) electrons. The molecule has 0 aromatic rings. The molecule has 0 bridgehead atoms. The summed E-state index contributed by atoms with van der Waals surface area (Å²) in [6, 6.07) is 0. The highest BCUT2D eigenvalue weighted by Crippen LogP contribution is 2.62. The van der Waals surface area contributed by atoms with Gasteiger partial charge in [-0.1, -0.05) is 33.3 Å². The minimum atomic E-state index is -1.61. The Labute approximate surface area is 148 Å². The zero-order chi connectivity index (χ0) is 19.2. The molecule has 6 atom stereocenters. The Morgan fingerprint density at radius 3 is 2.28 bits per heavy atom. The van der Waals surface area contributed by atoms with Gasteiger partial charge in [0.1, 0.15) is 12.2 Å². The molecule has 3 N–H and O–H groups in total. The average Bonchev–Trinajstić information content (AvgIpc) is 2.42. The fourth-order valence-corrected chi connectivity index (χ4v) is 5.58. The molecule has 0 aliphatic heterocycles. The van der Waals surface area contributed by atoms with Crippen LogP contribution in [0.3, 0.4) is 0 Å². The van der Waals surface area contributed by atoms with Gasteiger partial charge in [-0.05, 0) is 30.6 Å². The van der Waals surface area contributed by atoms with Crippen LogP contribution in [0.25, 0.3) is 0 Å². The molecule has 142 valence electrons.